The van der Waals surface area contributed by atoms with Gasteiger partial charge in [0.25, 0.3) is 0 Å². The SMILES string of the molecule is CC1CN(c2nc(C(C)C)ns2)CCC1=O. The van der Waals surface area contributed by atoms with Crippen LogP contribution in [0.2, 0.25) is 0 Å². The van der Waals surface area contributed by atoms with Crippen molar-refractivity contribution in [3.8, 4) is 0 Å². The number of nitrogens with zero attached hydrogens (tertiary/aromatic N) is 3. The molecule has 2 heterocycles. The Hall–Kier alpha value is -0.970. The molecule has 5 heteroatoms. The Morgan fingerprint density at radius 2 is 2.25 bits per heavy atom. The van der Waals surface area contributed by atoms with Crippen molar-refractivity contribution < 1.29 is 4.79 Å². The van der Waals surface area contributed by atoms with E-state index in [4.69, 9.17) is 0 Å². The minimum Gasteiger partial charge on any atom is -0.346 e. The fourth-order valence-electron chi connectivity index (χ4n) is 1.78. The second kappa shape index (κ2) is 4.49. The van der Waals surface area contributed by atoms with Crippen molar-refractivity contribution in [2.75, 3.05) is 18.0 Å². The van der Waals surface area contributed by atoms with Crippen molar-refractivity contribution in [3.63, 3.8) is 0 Å². The third kappa shape index (κ3) is 2.24. The summed E-state index contributed by atoms with van der Waals surface area (Å²) in [5, 5.41) is 0.961. The van der Waals surface area contributed by atoms with Gasteiger partial charge in [-0.3, -0.25) is 4.79 Å². The van der Waals surface area contributed by atoms with Crippen molar-refractivity contribution in [1.29, 1.82) is 0 Å². The van der Waals surface area contributed by atoms with Gasteiger partial charge in [-0.25, -0.2) is 4.98 Å². The molecule has 4 nitrogen and oxygen atoms in total. The number of piperidine rings is 1. The van der Waals surface area contributed by atoms with E-state index in [1.807, 2.05) is 6.92 Å². The molecule has 0 N–H and O–H groups in total. The summed E-state index contributed by atoms with van der Waals surface area (Å²) in [6.07, 6.45) is 0.637. The van der Waals surface area contributed by atoms with Gasteiger partial charge in [0.15, 0.2) is 0 Å². The normalized spacial score (nSPS) is 21.9. The smallest absolute Gasteiger partial charge is 0.205 e. The second-order valence-corrected chi connectivity index (χ2v) is 5.38. The molecule has 0 spiro atoms. The first-order valence-electron chi connectivity index (χ1n) is 5.69. The molecule has 1 saturated heterocycles. The summed E-state index contributed by atoms with van der Waals surface area (Å²) in [5.41, 5.74) is 0. The molecule has 88 valence electrons. The van der Waals surface area contributed by atoms with Crippen LogP contribution in [0.25, 0.3) is 0 Å². The Balaban J connectivity index is 2.09. The maximum Gasteiger partial charge on any atom is 0.205 e. The van der Waals surface area contributed by atoms with Crippen molar-refractivity contribution in [2.45, 2.75) is 33.1 Å². The zero-order valence-corrected chi connectivity index (χ0v) is 10.8. The molecule has 0 bridgehead atoms. The van der Waals surface area contributed by atoms with Gasteiger partial charge in [-0.15, -0.1) is 0 Å². The van der Waals surface area contributed by atoms with E-state index in [2.05, 4.69) is 28.1 Å². The molecule has 0 aliphatic carbocycles. The molecule has 1 atom stereocenters. The van der Waals surface area contributed by atoms with Crippen molar-refractivity contribution in [3.05, 3.63) is 5.82 Å². The number of hydrogen-bond donors (Lipinski definition) is 0. The second-order valence-electron chi connectivity index (χ2n) is 4.65. The van der Waals surface area contributed by atoms with Crippen molar-refractivity contribution >= 4 is 22.4 Å². The molecule has 1 fully saturated rings. The van der Waals surface area contributed by atoms with Crippen LogP contribution >= 0.6 is 11.5 Å². The van der Waals surface area contributed by atoms with Crippen LogP contribution < -0.4 is 4.90 Å². The summed E-state index contributed by atoms with van der Waals surface area (Å²) in [5.74, 6) is 1.77. The van der Waals surface area contributed by atoms with Crippen LogP contribution in [0.5, 0.6) is 0 Å². The minimum absolute atomic E-state index is 0.125. The zero-order valence-electron chi connectivity index (χ0n) is 9.93. The highest BCUT2D eigenvalue weighted by Gasteiger charge is 2.25. The van der Waals surface area contributed by atoms with Crippen LogP contribution in [0.4, 0.5) is 5.13 Å². The topological polar surface area (TPSA) is 46.1 Å². The Bertz CT molecular complexity index is 388. The summed E-state index contributed by atoms with van der Waals surface area (Å²) in [6.45, 7) is 7.74. The predicted octanol–water partition coefficient (Wildman–Crippen LogP) is 2.08. The first kappa shape index (κ1) is 11.5. The Morgan fingerprint density at radius 1 is 1.50 bits per heavy atom. The van der Waals surface area contributed by atoms with Gasteiger partial charge in [-0.2, -0.15) is 4.37 Å². The van der Waals surface area contributed by atoms with Gasteiger partial charge < -0.3 is 4.90 Å². The van der Waals surface area contributed by atoms with E-state index in [-0.39, 0.29) is 5.92 Å². The van der Waals surface area contributed by atoms with Gasteiger partial charge in [0.05, 0.1) is 0 Å². The lowest BCUT2D eigenvalue weighted by molar-refractivity contribution is -0.122. The monoisotopic (exact) mass is 239 g/mol. The minimum atomic E-state index is 0.125. The molecule has 1 aromatic heterocycles. The zero-order chi connectivity index (χ0) is 11.7. The van der Waals surface area contributed by atoms with Crippen LogP contribution in [0.1, 0.15) is 38.9 Å². The Labute approximate surface area is 99.9 Å². The van der Waals surface area contributed by atoms with Crippen LogP contribution in [0.3, 0.4) is 0 Å². The maximum atomic E-state index is 11.4. The average molecular weight is 239 g/mol. The van der Waals surface area contributed by atoms with E-state index in [1.165, 1.54) is 11.5 Å². The van der Waals surface area contributed by atoms with E-state index in [0.717, 1.165) is 24.0 Å². The van der Waals surface area contributed by atoms with Crippen LogP contribution in [0.15, 0.2) is 0 Å². The third-order valence-electron chi connectivity index (χ3n) is 2.89. The molecular formula is C11H17N3OS. The predicted molar refractivity (Wildman–Crippen MR) is 65.0 cm³/mol. The number of hydrogen-bond acceptors (Lipinski definition) is 5. The summed E-state index contributed by atoms with van der Waals surface area (Å²) < 4.78 is 4.34. The lowest BCUT2D eigenvalue weighted by atomic mass is 9.99. The molecule has 0 aromatic carbocycles. The number of Topliss-reactive ketones (excluding diaryl/α,β-unsaturated/α-hetero) is 1. The molecule has 2 rings (SSSR count). The lowest BCUT2D eigenvalue weighted by Gasteiger charge is -2.29. The molecule has 0 saturated carbocycles. The molecule has 1 unspecified atom stereocenters. The largest absolute Gasteiger partial charge is 0.346 e. The van der Waals surface area contributed by atoms with Gasteiger partial charge in [-0.1, -0.05) is 20.8 Å². The number of rotatable bonds is 2. The summed E-state index contributed by atoms with van der Waals surface area (Å²) in [7, 11) is 0. The molecule has 0 radical (unpaired) electrons. The van der Waals surface area contributed by atoms with Gasteiger partial charge >= 0.3 is 0 Å². The van der Waals surface area contributed by atoms with Gasteiger partial charge in [0.1, 0.15) is 11.6 Å². The highest BCUT2D eigenvalue weighted by Crippen LogP contribution is 2.25. The highest BCUT2D eigenvalue weighted by molar-refractivity contribution is 7.09. The Morgan fingerprint density at radius 3 is 2.81 bits per heavy atom. The van der Waals surface area contributed by atoms with Gasteiger partial charge in [0, 0.05) is 42.9 Å². The Kier molecular flexibility index (Phi) is 3.23. The van der Waals surface area contributed by atoms with Crippen LogP contribution in [0, 0.1) is 5.92 Å². The van der Waals surface area contributed by atoms with E-state index in [1.54, 1.807) is 0 Å². The van der Waals surface area contributed by atoms with Gasteiger partial charge in [-0.05, 0) is 0 Å². The quantitative estimate of drug-likeness (QED) is 0.792. The summed E-state index contributed by atoms with van der Waals surface area (Å²) in [4.78, 5) is 18.1. The van der Waals surface area contributed by atoms with Gasteiger partial charge in [0.2, 0.25) is 5.13 Å². The number of anilines is 1. The number of carbonyl (C=O) groups excluding carboxylic acids is 1. The fourth-order valence-corrected chi connectivity index (χ4v) is 2.62. The first-order valence-corrected chi connectivity index (χ1v) is 6.46. The molecule has 16 heavy (non-hydrogen) atoms. The fraction of sp³-hybridized carbons (Fsp3) is 0.727. The first-order chi connectivity index (χ1) is 7.58. The molecule has 1 aliphatic rings. The maximum absolute atomic E-state index is 11.4. The summed E-state index contributed by atoms with van der Waals surface area (Å²) >= 11 is 1.44. The number of aromatic nitrogens is 2. The molecule has 0 amide bonds. The summed E-state index contributed by atoms with van der Waals surface area (Å²) in [6, 6.07) is 0. The van der Waals surface area contributed by atoms with E-state index >= 15 is 0 Å². The standard InChI is InChI=1S/C11H17N3OS/c1-7(2)10-12-11(16-13-10)14-5-4-9(15)8(3)6-14/h7-8H,4-6H2,1-3H3. The number of carbonyl (C=O) groups is 1. The van der Waals surface area contributed by atoms with Crippen molar-refractivity contribution in [1.82, 2.24) is 9.36 Å². The van der Waals surface area contributed by atoms with Crippen LogP contribution in [-0.2, 0) is 4.79 Å². The van der Waals surface area contributed by atoms with E-state index in [0.29, 0.717) is 18.1 Å². The highest BCUT2D eigenvalue weighted by atomic mass is 32.1. The molecule has 1 aromatic rings. The van der Waals surface area contributed by atoms with E-state index < -0.39 is 0 Å². The molecular weight excluding hydrogens is 222 g/mol. The van der Waals surface area contributed by atoms with Crippen molar-refractivity contribution in [2.24, 2.45) is 5.92 Å². The third-order valence-corrected chi connectivity index (χ3v) is 3.68. The lowest BCUT2D eigenvalue weighted by Crippen LogP contribution is -2.39. The van der Waals surface area contributed by atoms with Crippen LogP contribution in [-0.4, -0.2) is 28.2 Å². The van der Waals surface area contributed by atoms with E-state index in [9.17, 15) is 4.79 Å². The number of ketones is 1. The average Bonchev–Trinajstić information content (AvgIpc) is 2.71. The molecule has 1 aliphatic heterocycles.